The molecular formula is C48H30N2S. The van der Waals surface area contributed by atoms with Crippen molar-refractivity contribution in [2.75, 3.05) is 0 Å². The highest BCUT2D eigenvalue weighted by molar-refractivity contribution is 7.26. The quantitative estimate of drug-likeness (QED) is 0.175. The Kier molecular flexibility index (Phi) is 3.48. The molecule has 0 amide bonds. The zero-order valence-electron chi connectivity index (χ0n) is 44.2. The van der Waals surface area contributed by atoms with Gasteiger partial charge in [0.2, 0.25) is 0 Å². The number of rotatable bonds is 4. The second kappa shape index (κ2) is 11.0. The van der Waals surface area contributed by atoms with Crippen molar-refractivity contribution in [2.24, 2.45) is 0 Å². The van der Waals surface area contributed by atoms with Crippen molar-refractivity contribution in [1.29, 1.82) is 0 Å². The van der Waals surface area contributed by atoms with Gasteiger partial charge in [-0.2, -0.15) is 0 Å². The molecule has 0 aliphatic rings. The SMILES string of the molecule is [2H]c1c([2H])c([2H])c2c(sc3c(-c4ccccc4)cc(-n4c5c([2H])c([2H])c([2H])c([2H])c5c5c([2H])c(-c6c([2H])c([2H])c7c(c6[2H])c6c([2H])c([2H])c([2H])c([2H])c6n7-c6ccccc6)c([2H])c([2H])c54)cc32)c1[2H]. The predicted molar refractivity (Wildman–Crippen MR) is 219 cm³/mol. The van der Waals surface area contributed by atoms with Gasteiger partial charge in [0, 0.05) is 58.7 Å². The number of thiophene rings is 1. The van der Waals surface area contributed by atoms with Gasteiger partial charge in [0.25, 0.3) is 0 Å². The maximum absolute atomic E-state index is 9.96. The van der Waals surface area contributed by atoms with E-state index in [2.05, 4.69) is 0 Å². The van der Waals surface area contributed by atoms with Crippen LogP contribution in [0.4, 0.5) is 0 Å². The summed E-state index contributed by atoms with van der Waals surface area (Å²) in [5.74, 6) is 0. The molecule has 8 aromatic carbocycles. The fourth-order valence-corrected chi connectivity index (χ4v) is 8.04. The van der Waals surface area contributed by atoms with E-state index in [1.165, 1.54) is 9.13 Å². The van der Waals surface area contributed by atoms with Gasteiger partial charge in [-0.05, 0) is 83.3 Å². The Bertz CT molecular complexity index is 4160. The fraction of sp³-hybridized carbons (Fsp3) is 0. The molecule has 0 saturated heterocycles. The molecule has 0 N–H and O–H groups in total. The van der Waals surface area contributed by atoms with Crippen LogP contribution in [-0.4, -0.2) is 9.13 Å². The molecule has 51 heavy (non-hydrogen) atoms. The minimum atomic E-state index is -0.708. The van der Waals surface area contributed by atoms with Gasteiger partial charge in [-0.15, -0.1) is 11.3 Å². The third kappa shape index (κ3) is 4.29. The smallest absolute Gasteiger partial charge is 0.0645 e. The van der Waals surface area contributed by atoms with Crippen molar-refractivity contribution < 1.29 is 24.7 Å². The first-order valence-electron chi connectivity index (χ1n) is 25.0. The third-order valence-corrected chi connectivity index (χ3v) is 10.3. The summed E-state index contributed by atoms with van der Waals surface area (Å²) in [5, 5.41) is -0.222. The highest BCUT2D eigenvalue weighted by Crippen LogP contribution is 2.44. The highest BCUT2D eigenvalue weighted by Gasteiger charge is 2.19. The molecule has 3 heterocycles. The molecular weight excluding hydrogens is 637 g/mol. The van der Waals surface area contributed by atoms with Crippen LogP contribution in [0.5, 0.6) is 0 Å². The lowest BCUT2D eigenvalue weighted by Gasteiger charge is -2.13. The normalized spacial score (nSPS) is 16.9. The molecule has 0 aliphatic heterocycles. The maximum atomic E-state index is 9.96. The van der Waals surface area contributed by atoms with E-state index in [4.69, 9.17) is 13.7 Å². The van der Waals surface area contributed by atoms with E-state index in [0.29, 0.717) is 26.9 Å². The molecule has 0 aliphatic carbocycles. The molecule has 238 valence electrons. The van der Waals surface area contributed by atoms with Gasteiger partial charge < -0.3 is 9.13 Å². The summed E-state index contributed by atoms with van der Waals surface area (Å²) >= 11 is 1.15. The summed E-state index contributed by atoms with van der Waals surface area (Å²) in [5.41, 5.74) is 0.180. The number of nitrogens with zero attached hydrogens (tertiary/aromatic N) is 2. The molecule has 11 aromatic rings. The predicted octanol–water partition coefficient (Wildman–Crippen LogP) is 13.6. The Morgan fingerprint density at radius 3 is 1.59 bits per heavy atom. The summed E-state index contributed by atoms with van der Waals surface area (Å²) in [6, 6.07) is 10.8. The van der Waals surface area contributed by atoms with Crippen LogP contribution in [0.1, 0.15) is 24.7 Å². The van der Waals surface area contributed by atoms with Crippen LogP contribution in [0, 0.1) is 0 Å². The van der Waals surface area contributed by atoms with E-state index < -0.39 is 108 Å². The van der Waals surface area contributed by atoms with Gasteiger partial charge in [-0.25, -0.2) is 0 Å². The fourth-order valence-electron chi connectivity index (χ4n) is 6.91. The first-order valence-corrected chi connectivity index (χ1v) is 16.8. The van der Waals surface area contributed by atoms with Crippen molar-refractivity contribution in [3.8, 4) is 33.6 Å². The molecule has 3 aromatic heterocycles. The highest BCUT2D eigenvalue weighted by atomic mass is 32.1. The van der Waals surface area contributed by atoms with Crippen LogP contribution >= 0.6 is 11.3 Å². The Morgan fingerprint density at radius 1 is 0.412 bits per heavy atom. The van der Waals surface area contributed by atoms with Crippen LogP contribution in [0.15, 0.2) is 182 Å². The Labute approximate surface area is 324 Å². The second-order valence-electron chi connectivity index (χ2n) is 11.9. The van der Waals surface area contributed by atoms with Crippen LogP contribution in [0.2, 0.25) is 0 Å². The average Bonchev–Trinajstić information content (AvgIpc) is 4.04. The molecule has 0 saturated carbocycles. The molecule has 0 bridgehead atoms. The van der Waals surface area contributed by atoms with Gasteiger partial charge in [0.1, 0.15) is 0 Å². The standard InChI is InChI=1S/C48H30N2S/c1-3-13-31(14-4-1)39-29-35(30-42-38-19-9-12-22-47(38)51-48(39)42)50-44-21-11-8-18-37(44)41-28-33(24-26-46(41)50)32-23-25-45-40(27-32)36-17-7-10-20-43(36)49(45)34-15-5-2-6-16-34/h1-30H/i7D,8D,9D,10D,11D,12D,17D,18D,19D,20D,21D,22D,23D,24D,25D,26D,27D,28D. The number of fused-ring (bicyclic) bond motifs is 9. The summed E-state index contributed by atoms with van der Waals surface area (Å²) in [4.78, 5) is 0. The van der Waals surface area contributed by atoms with Gasteiger partial charge in [-0.3, -0.25) is 0 Å². The molecule has 2 nitrogen and oxygen atoms in total. The van der Waals surface area contributed by atoms with E-state index >= 15 is 0 Å². The Morgan fingerprint density at radius 2 is 0.941 bits per heavy atom. The van der Waals surface area contributed by atoms with E-state index in [0.717, 1.165) is 11.3 Å². The topological polar surface area (TPSA) is 9.86 Å². The van der Waals surface area contributed by atoms with Gasteiger partial charge in [0.15, 0.2) is 0 Å². The summed E-state index contributed by atoms with van der Waals surface area (Å²) in [6.45, 7) is 0. The second-order valence-corrected chi connectivity index (χ2v) is 13.0. The minimum Gasteiger partial charge on any atom is -0.309 e. The lowest BCUT2D eigenvalue weighted by molar-refractivity contribution is 1.18. The lowest BCUT2D eigenvalue weighted by Crippen LogP contribution is -1.95. The van der Waals surface area contributed by atoms with E-state index in [1.807, 2.05) is 18.2 Å². The minimum absolute atomic E-state index is 0.0746. The van der Waals surface area contributed by atoms with Crippen molar-refractivity contribution in [3.63, 3.8) is 0 Å². The summed E-state index contributed by atoms with van der Waals surface area (Å²) in [6.07, 6.45) is 0. The van der Waals surface area contributed by atoms with E-state index in [1.54, 1.807) is 54.6 Å². The molecule has 0 atom stereocenters. The lowest BCUT2D eigenvalue weighted by atomic mass is 10.0. The van der Waals surface area contributed by atoms with Crippen molar-refractivity contribution in [3.05, 3.63) is 182 Å². The number of para-hydroxylation sites is 3. The summed E-state index contributed by atoms with van der Waals surface area (Å²) in [7, 11) is 0. The number of aromatic nitrogens is 2. The number of hydrogen-bond donors (Lipinski definition) is 0. The Hall–Kier alpha value is -6.42. The van der Waals surface area contributed by atoms with Gasteiger partial charge >= 0.3 is 0 Å². The average molecular weight is 685 g/mol. The van der Waals surface area contributed by atoms with E-state index in [-0.39, 0.29) is 71.5 Å². The Balaban J connectivity index is 1.33. The molecule has 0 fully saturated rings. The van der Waals surface area contributed by atoms with Gasteiger partial charge in [-0.1, -0.05) is 115 Å². The van der Waals surface area contributed by atoms with Crippen LogP contribution in [-0.2, 0) is 0 Å². The monoisotopic (exact) mass is 684 g/mol. The van der Waals surface area contributed by atoms with Crippen molar-refractivity contribution >= 4 is 75.1 Å². The third-order valence-electron chi connectivity index (χ3n) is 9.12. The molecule has 0 unspecified atom stereocenters. The van der Waals surface area contributed by atoms with Gasteiger partial charge in [0.05, 0.1) is 46.7 Å². The van der Waals surface area contributed by atoms with Crippen molar-refractivity contribution in [1.82, 2.24) is 9.13 Å². The van der Waals surface area contributed by atoms with Crippen LogP contribution < -0.4 is 0 Å². The first-order chi connectivity index (χ1) is 32.8. The zero-order chi connectivity index (χ0) is 49.1. The van der Waals surface area contributed by atoms with Crippen LogP contribution in [0.3, 0.4) is 0 Å². The molecule has 0 radical (unpaired) electrons. The first kappa shape index (κ1) is 16.1. The van der Waals surface area contributed by atoms with E-state index in [9.17, 15) is 11.0 Å². The zero-order valence-corrected chi connectivity index (χ0v) is 27.0. The molecule has 3 heteroatoms. The maximum Gasteiger partial charge on any atom is 0.0645 e. The number of benzene rings is 8. The molecule has 0 spiro atoms. The van der Waals surface area contributed by atoms with Crippen molar-refractivity contribution in [2.45, 2.75) is 0 Å². The van der Waals surface area contributed by atoms with Crippen LogP contribution in [0.25, 0.3) is 97.4 Å². The largest absolute Gasteiger partial charge is 0.309 e. The summed E-state index contributed by atoms with van der Waals surface area (Å²) < 4.78 is 168. The molecule has 11 rings (SSSR count). The number of hydrogen-bond acceptors (Lipinski definition) is 1.